The van der Waals surface area contributed by atoms with Crippen LogP contribution in [0.3, 0.4) is 0 Å². The Hall–Kier alpha value is -0.0700. The molecule has 0 saturated carbocycles. The average molecular weight is 366 g/mol. The second-order valence-electron chi connectivity index (χ2n) is 3.72. The number of carbonyl (C=O) groups is 1. The Morgan fingerprint density at radius 2 is 2.19 bits per heavy atom. The van der Waals surface area contributed by atoms with Gasteiger partial charge in [-0.15, -0.1) is 0 Å². The van der Waals surface area contributed by atoms with Crippen LogP contribution in [-0.2, 0) is 4.79 Å². The molecule has 0 bridgehead atoms. The zero-order chi connectivity index (χ0) is 11.9. The number of pyridine rings is 1. The molecule has 1 aromatic rings. The number of hydrogen-bond acceptors (Lipinski definition) is 3. The molecule has 0 N–H and O–H groups in total. The maximum Gasteiger partial charge on any atom is 0.229 e. The van der Waals surface area contributed by atoms with E-state index in [4.69, 9.17) is 0 Å². The van der Waals surface area contributed by atoms with Crippen LogP contribution in [0.1, 0.15) is 12.1 Å². The SMILES string of the molecule is Cc1nc(N2CC(S)CC2=O)c(Br)cc1Br. The molecule has 2 rings (SSSR count). The maximum atomic E-state index is 11.7. The fraction of sp³-hybridized carbons (Fsp3) is 0.400. The molecule has 0 spiro atoms. The van der Waals surface area contributed by atoms with Gasteiger partial charge in [-0.2, -0.15) is 12.6 Å². The molecule has 1 aliphatic heterocycles. The van der Waals surface area contributed by atoms with Gasteiger partial charge in [-0.1, -0.05) is 0 Å². The topological polar surface area (TPSA) is 33.2 Å². The van der Waals surface area contributed by atoms with E-state index in [9.17, 15) is 4.79 Å². The van der Waals surface area contributed by atoms with Crippen molar-refractivity contribution in [3.05, 3.63) is 20.7 Å². The first kappa shape index (κ1) is 12.4. The van der Waals surface area contributed by atoms with E-state index in [2.05, 4.69) is 49.5 Å². The van der Waals surface area contributed by atoms with Crippen molar-refractivity contribution in [2.45, 2.75) is 18.6 Å². The van der Waals surface area contributed by atoms with Gasteiger partial charge >= 0.3 is 0 Å². The molecule has 1 amide bonds. The summed E-state index contributed by atoms with van der Waals surface area (Å²) in [5.74, 6) is 0.761. The third-order valence-electron chi connectivity index (χ3n) is 2.45. The third kappa shape index (κ3) is 2.28. The Bertz CT molecular complexity index is 453. The number of amides is 1. The summed E-state index contributed by atoms with van der Waals surface area (Å²) >= 11 is 11.2. The molecule has 86 valence electrons. The first-order valence-corrected chi connectivity index (χ1v) is 6.90. The van der Waals surface area contributed by atoms with Crippen LogP contribution in [0, 0.1) is 6.92 Å². The minimum Gasteiger partial charge on any atom is -0.295 e. The summed E-state index contributed by atoms with van der Waals surface area (Å²) < 4.78 is 1.75. The van der Waals surface area contributed by atoms with Crippen LogP contribution in [0.2, 0.25) is 0 Å². The highest BCUT2D eigenvalue weighted by molar-refractivity contribution is 9.11. The first-order valence-electron chi connectivity index (χ1n) is 4.80. The second kappa shape index (κ2) is 4.66. The minimum atomic E-state index is 0.0786. The molecule has 1 unspecified atom stereocenters. The quantitative estimate of drug-likeness (QED) is 0.776. The number of thiol groups is 1. The van der Waals surface area contributed by atoms with Gasteiger partial charge in [0.15, 0.2) is 0 Å². The van der Waals surface area contributed by atoms with E-state index in [1.807, 2.05) is 13.0 Å². The van der Waals surface area contributed by atoms with Gasteiger partial charge < -0.3 is 0 Å². The number of rotatable bonds is 1. The van der Waals surface area contributed by atoms with E-state index in [-0.39, 0.29) is 11.2 Å². The highest BCUT2D eigenvalue weighted by Gasteiger charge is 2.30. The predicted octanol–water partition coefficient (Wildman–Crippen LogP) is 2.95. The van der Waals surface area contributed by atoms with Crippen LogP contribution in [-0.4, -0.2) is 22.7 Å². The zero-order valence-corrected chi connectivity index (χ0v) is 12.6. The van der Waals surface area contributed by atoms with Gasteiger partial charge in [-0.05, 0) is 44.8 Å². The fourth-order valence-corrected chi connectivity index (χ4v) is 3.10. The summed E-state index contributed by atoms with van der Waals surface area (Å²) in [5, 5.41) is 0.102. The van der Waals surface area contributed by atoms with Gasteiger partial charge in [0.25, 0.3) is 0 Å². The lowest BCUT2D eigenvalue weighted by Gasteiger charge is -2.17. The summed E-state index contributed by atoms with van der Waals surface area (Å²) in [6.07, 6.45) is 0.479. The van der Waals surface area contributed by atoms with Crippen molar-refractivity contribution < 1.29 is 4.79 Å². The number of halogens is 2. The Morgan fingerprint density at radius 1 is 1.50 bits per heavy atom. The first-order chi connectivity index (χ1) is 7.49. The monoisotopic (exact) mass is 364 g/mol. The molecule has 1 aromatic heterocycles. The molecule has 2 heterocycles. The van der Waals surface area contributed by atoms with Crippen LogP contribution in [0.4, 0.5) is 5.82 Å². The maximum absolute atomic E-state index is 11.7. The van der Waals surface area contributed by atoms with Crippen molar-refractivity contribution in [2.75, 3.05) is 11.4 Å². The van der Waals surface area contributed by atoms with Crippen molar-refractivity contribution >= 4 is 56.2 Å². The Labute approximate surface area is 116 Å². The predicted molar refractivity (Wildman–Crippen MR) is 74.1 cm³/mol. The number of hydrogen-bond donors (Lipinski definition) is 1. The number of aryl methyl sites for hydroxylation is 1. The molecular formula is C10H10Br2N2OS. The van der Waals surface area contributed by atoms with Crippen LogP contribution < -0.4 is 4.90 Å². The van der Waals surface area contributed by atoms with E-state index in [0.717, 1.165) is 14.6 Å². The molecular weight excluding hydrogens is 356 g/mol. The van der Waals surface area contributed by atoms with Gasteiger partial charge in [0, 0.05) is 22.7 Å². The van der Waals surface area contributed by atoms with Gasteiger partial charge in [-0.25, -0.2) is 4.98 Å². The molecule has 6 heteroatoms. The molecule has 0 radical (unpaired) electrons. The van der Waals surface area contributed by atoms with Gasteiger partial charge in [0.2, 0.25) is 5.91 Å². The largest absolute Gasteiger partial charge is 0.295 e. The molecule has 16 heavy (non-hydrogen) atoms. The van der Waals surface area contributed by atoms with Crippen LogP contribution >= 0.6 is 44.5 Å². The van der Waals surface area contributed by atoms with Crippen molar-refractivity contribution in [2.24, 2.45) is 0 Å². The lowest BCUT2D eigenvalue weighted by Crippen LogP contribution is -2.26. The Balaban J connectivity index is 2.41. The van der Waals surface area contributed by atoms with Gasteiger partial charge in [-0.3, -0.25) is 9.69 Å². The Kier molecular flexibility index (Phi) is 3.61. The number of carbonyl (C=O) groups excluding carboxylic acids is 1. The number of anilines is 1. The lowest BCUT2D eigenvalue weighted by molar-refractivity contribution is -0.117. The van der Waals surface area contributed by atoms with Crippen LogP contribution in [0.15, 0.2) is 15.0 Å². The highest BCUT2D eigenvalue weighted by atomic mass is 79.9. The summed E-state index contributed by atoms with van der Waals surface area (Å²) in [6.45, 7) is 2.52. The van der Waals surface area contributed by atoms with E-state index < -0.39 is 0 Å². The number of aromatic nitrogens is 1. The molecule has 0 aromatic carbocycles. The normalized spacial score (nSPS) is 20.6. The second-order valence-corrected chi connectivity index (χ2v) is 6.16. The molecule has 1 fully saturated rings. The van der Waals surface area contributed by atoms with Crippen molar-refractivity contribution in [3.63, 3.8) is 0 Å². The van der Waals surface area contributed by atoms with Crippen molar-refractivity contribution in [1.29, 1.82) is 0 Å². The van der Waals surface area contributed by atoms with Gasteiger partial charge in [0.05, 0.1) is 10.2 Å². The third-order valence-corrected chi connectivity index (χ3v) is 4.18. The summed E-state index contributed by atoms with van der Waals surface area (Å²) in [5.41, 5.74) is 0.869. The fourth-order valence-electron chi connectivity index (χ4n) is 1.63. The smallest absolute Gasteiger partial charge is 0.229 e. The molecule has 1 atom stereocenters. The minimum absolute atomic E-state index is 0.0786. The lowest BCUT2D eigenvalue weighted by atomic mass is 10.3. The molecule has 1 aliphatic rings. The van der Waals surface area contributed by atoms with E-state index >= 15 is 0 Å². The van der Waals surface area contributed by atoms with E-state index in [1.54, 1.807) is 4.90 Å². The van der Waals surface area contributed by atoms with Crippen molar-refractivity contribution in [3.8, 4) is 0 Å². The molecule has 0 aliphatic carbocycles. The standard InChI is InChI=1S/C10H10Br2N2OS/c1-5-7(11)3-8(12)10(13-5)14-4-6(16)2-9(14)15/h3,6,16H,2,4H2,1H3. The summed E-state index contributed by atoms with van der Waals surface area (Å²) in [4.78, 5) is 17.8. The van der Waals surface area contributed by atoms with Crippen LogP contribution in [0.25, 0.3) is 0 Å². The van der Waals surface area contributed by atoms with Gasteiger partial charge in [0.1, 0.15) is 5.82 Å². The number of nitrogens with zero attached hydrogens (tertiary/aromatic N) is 2. The van der Waals surface area contributed by atoms with Crippen LogP contribution in [0.5, 0.6) is 0 Å². The summed E-state index contributed by atoms with van der Waals surface area (Å²) in [7, 11) is 0. The average Bonchev–Trinajstić information content (AvgIpc) is 2.51. The zero-order valence-electron chi connectivity index (χ0n) is 8.57. The Morgan fingerprint density at radius 3 is 2.75 bits per heavy atom. The molecule has 1 saturated heterocycles. The van der Waals surface area contributed by atoms with E-state index in [1.165, 1.54) is 0 Å². The van der Waals surface area contributed by atoms with E-state index in [0.29, 0.717) is 18.8 Å². The highest BCUT2D eigenvalue weighted by Crippen LogP contribution is 2.32. The summed E-state index contributed by atoms with van der Waals surface area (Å²) in [6, 6.07) is 1.91. The van der Waals surface area contributed by atoms with Crippen molar-refractivity contribution in [1.82, 2.24) is 4.98 Å². The molecule has 3 nitrogen and oxygen atoms in total.